The molecule has 1 heterocycles. The number of nitrogens with one attached hydrogen (secondary N) is 1. The summed E-state index contributed by atoms with van der Waals surface area (Å²) in [4.78, 5) is 8.64. The van der Waals surface area contributed by atoms with Crippen molar-refractivity contribution in [2.45, 2.75) is 26.3 Å². The van der Waals surface area contributed by atoms with E-state index >= 15 is 0 Å². The number of aliphatic hydroxyl groups excluding tert-OH is 1. The molecule has 2 aromatic rings. The fraction of sp³-hybridized carbons (Fsp3) is 0.333. The van der Waals surface area contributed by atoms with E-state index in [0.29, 0.717) is 6.42 Å². The second-order valence-electron chi connectivity index (χ2n) is 4.56. The molecule has 0 aliphatic rings. The third-order valence-corrected chi connectivity index (χ3v) is 2.91. The summed E-state index contributed by atoms with van der Waals surface area (Å²) >= 11 is 0. The molecule has 1 aromatic carbocycles. The van der Waals surface area contributed by atoms with Crippen molar-refractivity contribution in [3.8, 4) is 0 Å². The summed E-state index contributed by atoms with van der Waals surface area (Å²) in [6, 6.07) is 12.1. The van der Waals surface area contributed by atoms with Gasteiger partial charge in [-0.05, 0) is 25.8 Å². The van der Waals surface area contributed by atoms with Crippen LogP contribution < -0.4 is 5.32 Å². The van der Waals surface area contributed by atoms with Gasteiger partial charge in [-0.15, -0.1) is 0 Å². The molecule has 2 N–H and O–H groups in total. The van der Waals surface area contributed by atoms with Gasteiger partial charge in [0.15, 0.2) is 0 Å². The largest absolute Gasteiger partial charge is 0.396 e. The Morgan fingerprint density at radius 3 is 2.53 bits per heavy atom. The fourth-order valence-corrected chi connectivity index (χ4v) is 2.11. The van der Waals surface area contributed by atoms with E-state index in [9.17, 15) is 5.11 Å². The summed E-state index contributed by atoms with van der Waals surface area (Å²) in [6.07, 6.45) is 0.645. The Morgan fingerprint density at radius 2 is 1.89 bits per heavy atom. The second-order valence-corrected chi connectivity index (χ2v) is 4.56. The van der Waals surface area contributed by atoms with Gasteiger partial charge >= 0.3 is 0 Å². The second kappa shape index (κ2) is 6.29. The molecule has 0 aliphatic carbocycles. The van der Waals surface area contributed by atoms with Gasteiger partial charge in [0.05, 0.1) is 6.04 Å². The molecule has 100 valence electrons. The molecule has 19 heavy (non-hydrogen) atoms. The highest BCUT2D eigenvalue weighted by atomic mass is 16.3. The van der Waals surface area contributed by atoms with E-state index in [2.05, 4.69) is 15.3 Å². The monoisotopic (exact) mass is 257 g/mol. The average Bonchev–Trinajstić information content (AvgIpc) is 2.38. The highest BCUT2D eigenvalue weighted by Crippen LogP contribution is 2.21. The molecule has 0 aliphatic heterocycles. The zero-order valence-electron chi connectivity index (χ0n) is 11.3. The van der Waals surface area contributed by atoms with Crippen LogP contribution in [-0.4, -0.2) is 21.7 Å². The number of hydrogen-bond donors (Lipinski definition) is 2. The van der Waals surface area contributed by atoms with E-state index in [1.54, 1.807) is 0 Å². The number of rotatable bonds is 5. The molecular weight excluding hydrogens is 238 g/mol. The summed E-state index contributed by atoms with van der Waals surface area (Å²) < 4.78 is 0. The van der Waals surface area contributed by atoms with Gasteiger partial charge < -0.3 is 10.4 Å². The third kappa shape index (κ3) is 3.76. The Bertz CT molecular complexity index is 508. The van der Waals surface area contributed by atoms with Crippen LogP contribution >= 0.6 is 0 Å². The molecule has 4 heteroatoms. The molecule has 0 bridgehead atoms. The minimum absolute atomic E-state index is 0.0555. The van der Waals surface area contributed by atoms with Crippen LogP contribution in [0.15, 0.2) is 36.4 Å². The molecule has 0 amide bonds. The Labute approximate surface area is 113 Å². The number of anilines is 1. The number of aliphatic hydroxyl groups is 1. The average molecular weight is 257 g/mol. The van der Waals surface area contributed by atoms with Crippen molar-refractivity contribution in [2.24, 2.45) is 0 Å². The summed E-state index contributed by atoms with van der Waals surface area (Å²) in [5.74, 6) is 1.55. The number of aromatic nitrogens is 2. The predicted octanol–water partition coefficient (Wildman–Crippen LogP) is 2.63. The standard InChI is InChI=1S/C15H19N3O/c1-11-10-15(17-12(2)16-11)18-14(8-9-19)13-6-4-3-5-7-13/h3-7,10,14,19H,8-9H2,1-2H3,(H,16,17,18)/t14-/m0/s1. The summed E-state index contributed by atoms with van der Waals surface area (Å²) in [5, 5.41) is 12.6. The van der Waals surface area contributed by atoms with Gasteiger partial charge in [0, 0.05) is 18.4 Å². The molecule has 1 atom stereocenters. The first-order valence-electron chi connectivity index (χ1n) is 6.43. The van der Waals surface area contributed by atoms with Crippen LogP contribution in [-0.2, 0) is 0 Å². The maximum atomic E-state index is 9.21. The van der Waals surface area contributed by atoms with Crippen LogP contribution in [0.2, 0.25) is 0 Å². The van der Waals surface area contributed by atoms with Crippen LogP contribution in [0.5, 0.6) is 0 Å². The Balaban J connectivity index is 2.21. The smallest absolute Gasteiger partial charge is 0.130 e. The predicted molar refractivity (Wildman–Crippen MR) is 76.0 cm³/mol. The van der Waals surface area contributed by atoms with Crippen molar-refractivity contribution in [2.75, 3.05) is 11.9 Å². The number of hydrogen-bond acceptors (Lipinski definition) is 4. The van der Waals surface area contributed by atoms with E-state index in [4.69, 9.17) is 0 Å². The van der Waals surface area contributed by atoms with Crippen molar-refractivity contribution < 1.29 is 5.11 Å². The van der Waals surface area contributed by atoms with Crippen LogP contribution in [0, 0.1) is 13.8 Å². The molecule has 0 spiro atoms. The van der Waals surface area contributed by atoms with Crippen LogP contribution in [0.3, 0.4) is 0 Å². The third-order valence-electron chi connectivity index (χ3n) is 2.91. The number of aryl methyl sites for hydroxylation is 2. The summed E-state index contributed by atoms with van der Waals surface area (Å²) in [5.41, 5.74) is 2.08. The quantitative estimate of drug-likeness (QED) is 0.864. The van der Waals surface area contributed by atoms with Crippen LogP contribution in [0.25, 0.3) is 0 Å². The topological polar surface area (TPSA) is 58.0 Å². The fourth-order valence-electron chi connectivity index (χ4n) is 2.11. The molecule has 4 nitrogen and oxygen atoms in total. The van der Waals surface area contributed by atoms with Gasteiger partial charge in [-0.1, -0.05) is 30.3 Å². The molecule has 0 radical (unpaired) electrons. The van der Waals surface area contributed by atoms with E-state index in [0.717, 1.165) is 22.9 Å². The molecule has 2 rings (SSSR count). The molecule has 0 saturated heterocycles. The van der Waals surface area contributed by atoms with Crippen LogP contribution in [0.4, 0.5) is 5.82 Å². The zero-order chi connectivity index (χ0) is 13.7. The first-order chi connectivity index (χ1) is 9.19. The van der Waals surface area contributed by atoms with Gasteiger partial charge in [-0.3, -0.25) is 0 Å². The minimum Gasteiger partial charge on any atom is -0.396 e. The molecule has 0 saturated carbocycles. The SMILES string of the molecule is Cc1cc(N[C@@H](CCO)c2ccccc2)nc(C)n1. The van der Waals surface area contributed by atoms with Crippen molar-refractivity contribution in [3.05, 3.63) is 53.5 Å². The van der Waals surface area contributed by atoms with E-state index in [1.807, 2.05) is 50.2 Å². The van der Waals surface area contributed by atoms with E-state index in [-0.39, 0.29) is 12.6 Å². The number of benzene rings is 1. The zero-order valence-corrected chi connectivity index (χ0v) is 11.3. The van der Waals surface area contributed by atoms with Crippen molar-refractivity contribution in [1.29, 1.82) is 0 Å². The van der Waals surface area contributed by atoms with Gasteiger partial charge in [0.2, 0.25) is 0 Å². The Hall–Kier alpha value is -1.94. The van der Waals surface area contributed by atoms with Gasteiger partial charge in [-0.2, -0.15) is 0 Å². The highest BCUT2D eigenvalue weighted by molar-refractivity contribution is 5.39. The first kappa shape index (κ1) is 13.5. The lowest BCUT2D eigenvalue weighted by Crippen LogP contribution is -2.14. The van der Waals surface area contributed by atoms with Crippen LogP contribution in [0.1, 0.15) is 29.5 Å². The lowest BCUT2D eigenvalue weighted by Gasteiger charge is -2.19. The van der Waals surface area contributed by atoms with E-state index in [1.165, 1.54) is 0 Å². The highest BCUT2D eigenvalue weighted by Gasteiger charge is 2.11. The minimum atomic E-state index is 0.0555. The lowest BCUT2D eigenvalue weighted by atomic mass is 10.0. The molecule has 1 aromatic heterocycles. The maximum Gasteiger partial charge on any atom is 0.130 e. The maximum absolute atomic E-state index is 9.21. The molecule has 0 fully saturated rings. The number of nitrogens with zero attached hydrogens (tertiary/aromatic N) is 2. The lowest BCUT2D eigenvalue weighted by molar-refractivity contribution is 0.280. The first-order valence-corrected chi connectivity index (χ1v) is 6.43. The normalized spacial score (nSPS) is 12.2. The van der Waals surface area contributed by atoms with Gasteiger partial charge in [0.25, 0.3) is 0 Å². The molecule has 0 unspecified atom stereocenters. The van der Waals surface area contributed by atoms with E-state index < -0.39 is 0 Å². The van der Waals surface area contributed by atoms with Gasteiger partial charge in [-0.25, -0.2) is 9.97 Å². The summed E-state index contributed by atoms with van der Waals surface area (Å²) in [6.45, 7) is 3.96. The van der Waals surface area contributed by atoms with Crippen molar-refractivity contribution in [3.63, 3.8) is 0 Å². The molecular formula is C15H19N3O. The van der Waals surface area contributed by atoms with Gasteiger partial charge in [0.1, 0.15) is 11.6 Å². The summed E-state index contributed by atoms with van der Waals surface area (Å²) in [7, 11) is 0. The Morgan fingerprint density at radius 1 is 1.16 bits per heavy atom. The van der Waals surface area contributed by atoms with Crippen molar-refractivity contribution >= 4 is 5.82 Å². The van der Waals surface area contributed by atoms with Crippen molar-refractivity contribution in [1.82, 2.24) is 9.97 Å². The Kier molecular flexibility index (Phi) is 4.47.